The number of carboxylic acid groups (broad SMARTS) is 1. The molecule has 3 N–H and O–H groups in total. The molecule has 12 heavy (non-hydrogen) atoms. The maximum Gasteiger partial charge on any atom is 0.309 e. The Kier molecular flexibility index (Phi) is 4.87. The molecule has 1 aliphatic rings. The molecule has 0 fully saturated rings. The van der Waals surface area contributed by atoms with Crippen LogP contribution in [0.25, 0.3) is 0 Å². The van der Waals surface area contributed by atoms with Crippen molar-refractivity contribution in [1.82, 2.24) is 16.0 Å². The number of hydrogen-bond donors (Lipinski definition) is 3. The molecule has 0 saturated heterocycles. The smallest absolute Gasteiger partial charge is 0.309 e. The van der Waals surface area contributed by atoms with Crippen molar-refractivity contribution in [2.75, 3.05) is 7.05 Å². The second-order valence-electron chi connectivity index (χ2n) is 2.07. The van der Waals surface area contributed by atoms with Crippen LogP contribution in [-0.4, -0.2) is 23.1 Å². The van der Waals surface area contributed by atoms with Gasteiger partial charge in [0.15, 0.2) is 0 Å². The van der Waals surface area contributed by atoms with Gasteiger partial charge in [0.25, 0.3) is 0 Å². The number of hydrazine groups is 2. The molecule has 1 heterocycles. The molecule has 1 rings (SSSR count). The molecule has 0 aromatic heterocycles. The molecule has 0 amide bonds. The molecular formula is C7H15N3O2. The van der Waals surface area contributed by atoms with Crippen LogP contribution in [0.5, 0.6) is 0 Å². The summed E-state index contributed by atoms with van der Waals surface area (Å²) in [5, 5.41) is 9.98. The van der Waals surface area contributed by atoms with E-state index < -0.39 is 5.97 Å². The van der Waals surface area contributed by atoms with Crippen molar-refractivity contribution >= 4 is 5.97 Å². The molecule has 0 aromatic rings. The Bertz CT molecular complexity index is 179. The molecule has 0 radical (unpaired) electrons. The molecule has 0 aromatic carbocycles. The fourth-order valence-corrected chi connectivity index (χ4v) is 0.711. The Morgan fingerprint density at radius 2 is 2.25 bits per heavy atom. The van der Waals surface area contributed by atoms with Crippen LogP contribution in [0.3, 0.4) is 0 Å². The highest BCUT2D eigenvalue weighted by Crippen LogP contribution is 2.00. The van der Waals surface area contributed by atoms with Crippen LogP contribution >= 0.6 is 0 Å². The van der Waals surface area contributed by atoms with Gasteiger partial charge in [0.1, 0.15) is 0 Å². The summed E-state index contributed by atoms with van der Waals surface area (Å²) in [5.41, 5.74) is 6.06. The SMILES string of the molecule is CC.CN1C=C(CC(=O)O)NN1. The van der Waals surface area contributed by atoms with Gasteiger partial charge in [0, 0.05) is 13.2 Å². The van der Waals surface area contributed by atoms with Gasteiger partial charge in [-0.15, -0.1) is 5.53 Å². The van der Waals surface area contributed by atoms with Crippen molar-refractivity contribution in [3.8, 4) is 0 Å². The molecule has 1 aliphatic heterocycles. The van der Waals surface area contributed by atoms with E-state index in [1.54, 1.807) is 18.3 Å². The number of nitrogens with one attached hydrogen (secondary N) is 2. The average Bonchev–Trinajstić information content (AvgIpc) is 2.39. The van der Waals surface area contributed by atoms with E-state index in [9.17, 15) is 4.79 Å². The second-order valence-corrected chi connectivity index (χ2v) is 2.07. The number of rotatable bonds is 2. The van der Waals surface area contributed by atoms with Crippen LogP contribution in [0.4, 0.5) is 0 Å². The lowest BCUT2D eigenvalue weighted by Crippen LogP contribution is -2.33. The van der Waals surface area contributed by atoms with Crippen LogP contribution in [0.2, 0.25) is 0 Å². The largest absolute Gasteiger partial charge is 0.481 e. The number of aliphatic carboxylic acids is 1. The third-order valence-electron chi connectivity index (χ3n) is 1.08. The Hall–Kier alpha value is -1.23. The third kappa shape index (κ3) is 3.82. The summed E-state index contributed by atoms with van der Waals surface area (Å²) in [6.07, 6.45) is 1.71. The molecule has 0 unspecified atom stereocenters. The summed E-state index contributed by atoms with van der Waals surface area (Å²) in [7, 11) is 1.78. The lowest BCUT2D eigenvalue weighted by atomic mass is 10.3. The zero-order valence-electron chi connectivity index (χ0n) is 7.59. The van der Waals surface area contributed by atoms with E-state index in [0.29, 0.717) is 5.70 Å². The van der Waals surface area contributed by atoms with Crippen molar-refractivity contribution in [3.05, 3.63) is 11.9 Å². The number of carbonyl (C=O) groups is 1. The van der Waals surface area contributed by atoms with E-state index in [-0.39, 0.29) is 6.42 Å². The van der Waals surface area contributed by atoms with Crippen LogP contribution in [-0.2, 0) is 4.79 Å². The topological polar surface area (TPSA) is 64.6 Å². The summed E-state index contributed by atoms with van der Waals surface area (Å²) in [6, 6.07) is 0. The number of carboxylic acids is 1. The Morgan fingerprint density at radius 3 is 2.58 bits per heavy atom. The first kappa shape index (κ1) is 10.8. The van der Waals surface area contributed by atoms with Gasteiger partial charge >= 0.3 is 5.97 Å². The Labute approximate surface area is 72.0 Å². The van der Waals surface area contributed by atoms with Gasteiger partial charge in [-0.2, -0.15) is 0 Å². The van der Waals surface area contributed by atoms with Crippen molar-refractivity contribution in [3.63, 3.8) is 0 Å². The third-order valence-corrected chi connectivity index (χ3v) is 1.08. The summed E-state index contributed by atoms with van der Waals surface area (Å²) < 4.78 is 0. The highest BCUT2D eigenvalue weighted by atomic mass is 16.4. The highest BCUT2D eigenvalue weighted by Gasteiger charge is 2.09. The van der Waals surface area contributed by atoms with Gasteiger partial charge in [0.05, 0.1) is 12.1 Å². The molecule has 0 bridgehead atoms. The fraction of sp³-hybridized carbons (Fsp3) is 0.571. The van der Waals surface area contributed by atoms with Crippen molar-refractivity contribution in [2.45, 2.75) is 20.3 Å². The summed E-state index contributed by atoms with van der Waals surface area (Å²) in [5.74, 6) is -0.837. The number of hydrogen-bond acceptors (Lipinski definition) is 4. The van der Waals surface area contributed by atoms with E-state index in [0.717, 1.165) is 0 Å². The minimum atomic E-state index is -0.837. The maximum atomic E-state index is 10.1. The van der Waals surface area contributed by atoms with Crippen molar-refractivity contribution in [2.24, 2.45) is 0 Å². The zero-order chi connectivity index (χ0) is 9.56. The predicted molar refractivity (Wildman–Crippen MR) is 45.7 cm³/mol. The van der Waals surface area contributed by atoms with Gasteiger partial charge < -0.3 is 10.5 Å². The Balaban J connectivity index is 0.000000561. The second kappa shape index (κ2) is 5.42. The number of nitrogens with zero attached hydrogens (tertiary/aromatic N) is 1. The lowest BCUT2D eigenvalue weighted by Gasteiger charge is -2.04. The minimum Gasteiger partial charge on any atom is -0.481 e. The minimum absolute atomic E-state index is 0.0251. The fourth-order valence-electron chi connectivity index (χ4n) is 0.711. The van der Waals surface area contributed by atoms with E-state index in [4.69, 9.17) is 5.11 Å². The molecule has 5 heteroatoms. The summed E-state index contributed by atoms with van der Waals surface area (Å²) in [6.45, 7) is 4.00. The molecule has 0 atom stereocenters. The first-order valence-electron chi connectivity index (χ1n) is 3.85. The standard InChI is InChI=1S/C5H9N3O2.C2H6/c1-8-3-4(6-7-8)2-5(9)10;1-2/h3,6-7H,2H2,1H3,(H,9,10);1-2H3. The van der Waals surface area contributed by atoms with Crippen LogP contribution in [0, 0.1) is 0 Å². The monoisotopic (exact) mass is 173 g/mol. The lowest BCUT2D eigenvalue weighted by molar-refractivity contribution is -0.136. The Morgan fingerprint density at radius 1 is 1.67 bits per heavy atom. The summed E-state index contributed by atoms with van der Waals surface area (Å²) >= 11 is 0. The predicted octanol–water partition coefficient (Wildman–Crippen LogP) is 0.283. The molecule has 70 valence electrons. The molecule has 5 nitrogen and oxygen atoms in total. The molecule has 0 saturated carbocycles. The van der Waals surface area contributed by atoms with Gasteiger partial charge in [-0.05, 0) is 0 Å². The van der Waals surface area contributed by atoms with Gasteiger partial charge in [-0.1, -0.05) is 13.8 Å². The van der Waals surface area contributed by atoms with Crippen LogP contribution in [0.1, 0.15) is 20.3 Å². The van der Waals surface area contributed by atoms with Crippen molar-refractivity contribution < 1.29 is 9.90 Å². The van der Waals surface area contributed by atoms with E-state index in [2.05, 4.69) is 11.0 Å². The molecule has 0 spiro atoms. The molecular weight excluding hydrogens is 158 g/mol. The normalized spacial score (nSPS) is 14.2. The van der Waals surface area contributed by atoms with E-state index >= 15 is 0 Å². The first-order valence-corrected chi connectivity index (χ1v) is 3.85. The van der Waals surface area contributed by atoms with Crippen molar-refractivity contribution in [1.29, 1.82) is 0 Å². The van der Waals surface area contributed by atoms with Gasteiger partial charge in [-0.3, -0.25) is 9.80 Å². The zero-order valence-corrected chi connectivity index (χ0v) is 7.59. The highest BCUT2D eigenvalue weighted by molar-refractivity contribution is 5.69. The van der Waals surface area contributed by atoms with E-state index in [1.165, 1.54) is 0 Å². The van der Waals surface area contributed by atoms with Crippen LogP contribution in [0.15, 0.2) is 11.9 Å². The van der Waals surface area contributed by atoms with Crippen LogP contribution < -0.4 is 11.0 Å². The molecule has 0 aliphatic carbocycles. The first-order chi connectivity index (χ1) is 5.68. The van der Waals surface area contributed by atoms with E-state index in [1.807, 2.05) is 13.8 Å². The summed E-state index contributed by atoms with van der Waals surface area (Å²) in [4.78, 5) is 10.1. The maximum absolute atomic E-state index is 10.1. The quantitative estimate of drug-likeness (QED) is 0.560. The van der Waals surface area contributed by atoms with Gasteiger partial charge in [-0.25, -0.2) is 0 Å². The average molecular weight is 173 g/mol. The van der Waals surface area contributed by atoms with Gasteiger partial charge in [0.2, 0.25) is 0 Å².